The average molecular weight is 290 g/mol. The Labute approximate surface area is 124 Å². The number of rotatable bonds is 3. The highest BCUT2D eigenvalue weighted by Crippen LogP contribution is 2.39. The first kappa shape index (κ1) is 14.0. The van der Waals surface area contributed by atoms with Gasteiger partial charge in [0.05, 0.1) is 6.04 Å². The lowest BCUT2D eigenvalue weighted by Gasteiger charge is -2.23. The van der Waals surface area contributed by atoms with Crippen molar-refractivity contribution in [3.05, 3.63) is 35.4 Å². The highest BCUT2D eigenvalue weighted by Gasteiger charge is 2.29. The van der Waals surface area contributed by atoms with Crippen LogP contribution in [0.2, 0.25) is 0 Å². The van der Waals surface area contributed by atoms with E-state index in [4.69, 9.17) is 0 Å². The molecule has 3 unspecified atom stereocenters. The molecule has 1 saturated heterocycles. The largest absolute Gasteiger partial charge is 0.349 e. The SMILES string of the molecule is CC1CC(NC(=O)CC2CSCCN2)c2ccccc21. The third-order valence-corrected chi connectivity index (χ3v) is 5.39. The number of benzene rings is 1. The summed E-state index contributed by atoms with van der Waals surface area (Å²) in [5.41, 5.74) is 2.70. The quantitative estimate of drug-likeness (QED) is 0.898. The Balaban J connectivity index is 1.59. The van der Waals surface area contributed by atoms with E-state index in [0.29, 0.717) is 18.4 Å². The van der Waals surface area contributed by atoms with E-state index in [9.17, 15) is 4.79 Å². The zero-order valence-electron chi connectivity index (χ0n) is 11.9. The predicted molar refractivity (Wildman–Crippen MR) is 84.1 cm³/mol. The van der Waals surface area contributed by atoms with Gasteiger partial charge < -0.3 is 10.6 Å². The van der Waals surface area contributed by atoms with Crippen LogP contribution in [0, 0.1) is 0 Å². The summed E-state index contributed by atoms with van der Waals surface area (Å²) in [7, 11) is 0. The molecular formula is C16H22N2OS. The Morgan fingerprint density at radius 3 is 2.95 bits per heavy atom. The van der Waals surface area contributed by atoms with Crippen molar-refractivity contribution in [2.24, 2.45) is 0 Å². The van der Waals surface area contributed by atoms with Gasteiger partial charge in [-0.1, -0.05) is 31.2 Å². The highest BCUT2D eigenvalue weighted by molar-refractivity contribution is 7.99. The maximum atomic E-state index is 12.2. The van der Waals surface area contributed by atoms with E-state index in [1.807, 2.05) is 11.8 Å². The van der Waals surface area contributed by atoms with Crippen LogP contribution in [0.1, 0.15) is 42.9 Å². The van der Waals surface area contributed by atoms with E-state index in [0.717, 1.165) is 24.5 Å². The maximum Gasteiger partial charge on any atom is 0.222 e. The predicted octanol–water partition coefficient (Wildman–Crippen LogP) is 2.45. The van der Waals surface area contributed by atoms with Gasteiger partial charge in [-0.3, -0.25) is 4.79 Å². The van der Waals surface area contributed by atoms with Gasteiger partial charge in [-0.15, -0.1) is 0 Å². The van der Waals surface area contributed by atoms with Crippen LogP contribution < -0.4 is 10.6 Å². The molecule has 20 heavy (non-hydrogen) atoms. The number of fused-ring (bicyclic) bond motifs is 1. The normalized spacial score (nSPS) is 28.9. The number of hydrogen-bond donors (Lipinski definition) is 2. The average Bonchev–Trinajstić information content (AvgIpc) is 2.77. The molecule has 3 nitrogen and oxygen atoms in total. The molecule has 1 amide bonds. The molecule has 2 N–H and O–H groups in total. The number of carbonyl (C=O) groups excluding carboxylic acids is 1. The van der Waals surface area contributed by atoms with E-state index in [1.54, 1.807) is 0 Å². The fourth-order valence-corrected chi connectivity index (χ4v) is 4.20. The number of carbonyl (C=O) groups is 1. The molecule has 3 atom stereocenters. The van der Waals surface area contributed by atoms with Gasteiger partial charge in [0.15, 0.2) is 0 Å². The van der Waals surface area contributed by atoms with Crippen LogP contribution in [0.25, 0.3) is 0 Å². The minimum absolute atomic E-state index is 0.180. The molecule has 1 fully saturated rings. The van der Waals surface area contributed by atoms with Crippen molar-refractivity contribution < 1.29 is 4.79 Å². The zero-order chi connectivity index (χ0) is 13.9. The number of thioether (sulfide) groups is 1. The second kappa shape index (κ2) is 6.19. The summed E-state index contributed by atoms with van der Waals surface area (Å²) in [6.45, 7) is 3.26. The minimum Gasteiger partial charge on any atom is -0.349 e. The molecule has 108 valence electrons. The third kappa shape index (κ3) is 3.01. The first-order valence-corrected chi connectivity index (χ1v) is 8.59. The molecule has 1 aromatic carbocycles. The van der Waals surface area contributed by atoms with E-state index in [2.05, 4.69) is 41.8 Å². The van der Waals surface area contributed by atoms with Gasteiger partial charge in [0.1, 0.15) is 0 Å². The van der Waals surface area contributed by atoms with Gasteiger partial charge in [-0.05, 0) is 23.5 Å². The summed E-state index contributed by atoms with van der Waals surface area (Å²) in [4.78, 5) is 12.2. The van der Waals surface area contributed by atoms with E-state index in [1.165, 1.54) is 11.1 Å². The standard InChI is InChI=1S/C16H22N2OS/c1-11-8-15(14-5-3-2-4-13(11)14)18-16(19)9-12-10-20-7-6-17-12/h2-5,11-12,15,17H,6-10H2,1H3,(H,18,19). The Kier molecular flexibility index (Phi) is 4.32. The van der Waals surface area contributed by atoms with Crippen molar-refractivity contribution >= 4 is 17.7 Å². The molecule has 0 radical (unpaired) electrons. The van der Waals surface area contributed by atoms with Crippen LogP contribution >= 0.6 is 11.8 Å². The summed E-state index contributed by atoms with van der Waals surface area (Å²) in [5, 5.41) is 6.65. The van der Waals surface area contributed by atoms with E-state index in [-0.39, 0.29) is 11.9 Å². The highest BCUT2D eigenvalue weighted by atomic mass is 32.2. The van der Waals surface area contributed by atoms with Crippen LogP contribution in [0.4, 0.5) is 0 Å². The maximum absolute atomic E-state index is 12.2. The first-order chi connectivity index (χ1) is 9.74. The first-order valence-electron chi connectivity index (χ1n) is 7.43. The zero-order valence-corrected chi connectivity index (χ0v) is 12.7. The Bertz CT molecular complexity index is 485. The monoisotopic (exact) mass is 290 g/mol. The molecule has 0 bridgehead atoms. The summed E-state index contributed by atoms with van der Waals surface area (Å²) in [5.74, 6) is 2.93. The topological polar surface area (TPSA) is 41.1 Å². The molecule has 3 rings (SSSR count). The molecular weight excluding hydrogens is 268 g/mol. The van der Waals surface area contributed by atoms with Crippen molar-refractivity contribution in [3.63, 3.8) is 0 Å². The van der Waals surface area contributed by atoms with Crippen LogP contribution in [0.15, 0.2) is 24.3 Å². The molecule has 0 aromatic heterocycles. The number of hydrogen-bond acceptors (Lipinski definition) is 3. The Morgan fingerprint density at radius 1 is 1.40 bits per heavy atom. The van der Waals surface area contributed by atoms with Crippen LogP contribution in [0.3, 0.4) is 0 Å². The lowest BCUT2D eigenvalue weighted by atomic mass is 10.0. The molecule has 0 spiro atoms. The van der Waals surface area contributed by atoms with E-state index < -0.39 is 0 Å². The van der Waals surface area contributed by atoms with Crippen molar-refractivity contribution in [1.29, 1.82) is 0 Å². The van der Waals surface area contributed by atoms with Gasteiger partial charge in [0, 0.05) is 30.5 Å². The molecule has 1 heterocycles. The fraction of sp³-hybridized carbons (Fsp3) is 0.562. The number of amides is 1. The smallest absolute Gasteiger partial charge is 0.222 e. The van der Waals surface area contributed by atoms with Gasteiger partial charge in [0.25, 0.3) is 0 Å². The fourth-order valence-electron chi connectivity index (χ4n) is 3.25. The van der Waals surface area contributed by atoms with E-state index >= 15 is 0 Å². The molecule has 0 saturated carbocycles. The molecule has 2 aliphatic rings. The van der Waals surface area contributed by atoms with Crippen molar-refractivity contribution in [2.75, 3.05) is 18.1 Å². The Hall–Kier alpha value is -1.00. The molecule has 1 aliphatic heterocycles. The molecule has 1 aromatic rings. The molecule has 4 heteroatoms. The summed E-state index contributed by atoms with van der Waals surface area (Å²) >= 11 is 1.93. The summed E-state index contributed by atoms with van der Waals surface area (Å²) < 4.78 is 0. The summed E-state index contributed by atoms with van der Waals surface area (Å²) in [6, 6.07) is 9.02. The van der Waals surface area contributed by atoms with Crippen LogP contribution in [-0.2, 0) is 4.79 Å². The second-order valence-corrected chi connectivity index (χ2v) is 6.97. The van der Waals surface area contributed by atoms with Crippen LogP contribution in [0.5, 0.6) is 0 Å². The van der Waals surface area contributed by atoms with Crippen LogP contribution in [-0.4, -0.2) is 30.0 Å². The third-order valence-electron chi connectivity index (χ3n) is 4.26. The van der Waals surface area contributed by atoms with Crippen molar-refractivity contribution in [1.82, 2.24) is 10.6 Å². The lowest BCUT2D eigenvalue weighted by molar-refractivity contribution is -0.122. The second-order valence-electron chi connectivity index (χ2n) is 5.82. The van der Waals surface area contributed by atoms with Gasteiger partial charge >= 0.3 is 0 Å². The van der Waals surface area contributed by atoms with Gasteiger partial charge in [-0.2, -0.15) is 11.8 Å². The Morgan fingerprint density at radius 2 is 2.20 bits per heavy atom. The van der Waals surface area contributed by atoms with Crippen molar-refractivity contribution in [3.8, 4) is 0 Å². The molecule has 1 aliphatic carbocycles. The van der Waals surface area contributed by atoms with Gasteiger partial charge in [-0.25, -0.2) is 0 Å². The van der Waals surface area contributed by atoms with Crippen molar-refractivity contribution in [2.45, 2.75) is 37.8 Å². The lowest BCUT2D eigenvalue weighted by Crippen LogP contribution is -2.41. The van der Waals surface area contributed by atoms with Gasteiger partial charge in [0.2, 0.25) is 5.91 Å². The summed E-state index contributed by atoms with van der Waals surface area (Å²) in [6.07, 6.45) is 1.62. The number of nitrogens with one attached hydrogen (secondary N) is 2. The minimum atomic E-state index is 0.180.